The van der Waals surface area contributed by atoms with Gasteiger partial charge in [-0.2, -0.15) is 0 Å². The molecule has 0 aliphatic heterocycles. The van der Waals surface area contributed by atoms with Crippen LogP contribution in [-0.4, -0.2) is 40.0 Å². The average molecular weight is 257 g/mol. The number of thiophene rings is 1. The van der Waals surface area contributed by atoms with Crippen LogP contribution in [0.2, 0.25) is 0 Å². The Kier molecular flexibility index (Phi) is 7.44. The van der Waals surface area contributed by atoms with E-state index >= 15 is 0 Å². The standard InChI is InChI=1S/C13H23NO2S/c1-4-12-5-6-13(17-12)9-11(14-2)10-16-8-7-15-3/h5-6,11,14H,4,7-10H2,1-3H3. The van der Waals surface area contributed by atoms with Crippen LogP contribution in [0.15, 0.2) is 12.1 Å². The molecule has 0 aromatic carbocycles. The van der Waals surface area contributed by atoms with Crippen molar-refractivity contribution in [2.45, 2.75) is 25.8 Å². The Morgan fingerprint density at radius 2 is 2.06 bits per heavy atom. The summed E-state index contributed by atoms with van der Waals surface area (Å²) in [6, 6.07) is 4.83. The molecule has 0 bridgehead atoms. The summed E-state index contributed by atoms with van der Waals surface area (Å²) in [5.74, 6) is 0. The van der Waals surface area contributed by atoms with Crippen molar-refractivity contribution in [3.8, 4) is 0 Å². The van der Waals surface area contributed by atoms with Gasteiger partial charge in [-0.15, -0.1) is 11.3 Å². The van der Waals surface area contributed by atoms with Crippen LogP contribution in [0.25, 0.3) is 0 Å². The first kappa shape index (κ1) is 14.6. The summed E-state index contributed by atoms with van der Waals surface area (Å²) in [6.07, 6.45) is 2.16. The highest BCUT2D eigenvalue weighted by atomic mass is 32.1. The van der Waals surface area contributed by atoms with Gasteiger partial charge in [0.25, 0.3) is 0 Å². The van der Waals surface area contributed by atoms with E-state index in [9.17, 15) is 0 Å². The van der Waals surface area contributed by atoms with Crippen molar-refractivity contribution in [2.24, 2.45) is 0 Å². The van der Waals surface area contributed by atoms with Crippen molar-refractivity contribution in [2.75, 3.05) is 34.0 Å². The zero-order chi connectivity index (χ0) is 12.5. The zero-order valence-corrected chi connectivity index (χ0v) is 11.8. The van der Waals surface area contributed by atoms with Crippen molar-refractivity contribution >= 4 is 11.3 Å². The van der Waals surface area contributed by atoms with E-state index in [1.807, 2.05) is 18.4 Å². The largest absolute Gasteiger partial charge is 0.382 e. The minimum absolute atomic E-state index is 0.384. The Labute approximate surface area is 108 Å². The molecular formula is C13H23NO2S. The van der Waals surface area contributed by atoms with Crippen LogP contribution in [0.1, 0.15) is 16.7 Å². The van der Waals surface area contributed by atoms with Crippen molar-refractivity contribution in [3.63, 3.8) is 0 Å². The molecule has 0 saturated heterocycles. The lowest BCUT2D eigenvalue weighted by Crippen LogP contribution is -2.32. The van der Waals surface area contributed by atoms with E-state index in [0.29, 0.717) is 19.3 Å². The highest BCUT2D eigenvalue weighted by molar-refractivity contribution is 7.11. The SMILES string of the molecule is CCc1ccc(CC(COCCOC)NC)s1. The monoisotopic (exact) mass is 257 g/mol. The van der Waals surface area contributed by atoms with Gasteiger partial charge in [-0.1, -0.05) is 6.92 Å². The van der Waals surface area contributed by atoms with Gasteiger partial charge >= 0.3 is 0 Å². The van der Waals surface area contributed by atoms with Gasteiger partial charge in [0.05, 0.1) is 19.8 Å². The molecule has 1 unspecified atom stereocenters. The van der Waals surface area contributed by atoms with Crippen LogP contribution in [0.4, 0.5) is 0 Å². The fourth-order valence-corrected chi connectivity index (χ4v) is 2.61. The van der Waals surface area contributed by atoms with Crippen molar-refractivity contribution in [1.29, 1.82) is 0 Å². The van der Waals surface area contributed by atoms with E-state index < -0.39 is 0 Å². The summed E-state index contributed by atoms with van der Waals surface area (Å²) < 4.78 is 10.5. The van der Waals surface area contributed by atoms with Gasteiger partial charge in [-0.05, 0) is 32.0 Å². The second-order valence-corrected chi connectivity index (χ2v) is 5.23. The molecule has 1 atom stereocenters. The number of rotatable bonds is 9. The summed E-state index contributed by atoms with van der Waals surface area (Å²) in [6.45, 7) is 4.26. The minimum atomic E-state index is 0.384. The highest BCUT2D eigenvalue weighted by Crippen LogP contribution is 2.18. The highest BCUT2D eigenvalue weighted by Gasteiger charge is 2.09. The van der Waals surface area contributed by atoms with E-state index in [1.165, 1.54) is 9.75 Å². The number of aryl methyl sites for hydroxylation is 1. The van der Waals surface area contributed by atoms with Gasteiger partial charge < -0.3 is 14.8 Å². The van der Waals surface area contributed by atoms with Gasteiger partial charge in [0.2, 0.25) is 0 Å². The third-order valence-electron chi connectivity index (χ3n) is 2.67. The number of nitrogens with one attached hydrogen (secondary N) is 1. The van der Waals surface area contributed by atoms with Crippen molar-refractivity contribution < 1.29 is 9.47 Å². The smallest absolute Gasteiger partial charge is 0.0701 e. The molecule has 1 heterocycles. The normalized spacial score (nSPS) is 12.9. The first-order valence-corrected chi connectivity index (χ1v) is 6.93. The second-order valence-electron chi connectivity index (χ2n) is 3.98. The fraction of sp³-hybridized carbons (Fsp3) is 0.692. The van der Waals surface area contributed by atoms with Gasteiger partial charge in [0.15, 0.2) is 0 Å². The quantitative estimate of drug-likeness (QED) is 0.687. The molecule has 4 heteroatoms. The number of methoxy groups -OCH3 is 1. The molecule has 1 rings (SSSR count). The van der Waals surface area contributed by atoms with E-state index in [2.05, 4.69) is 24.4 Å². The summed E-state index contributed by atoms with van der Waals surface area (Å²) in [5.41, 5.74) is 0. The lowest BCUT2D eigenvalue weighted by molar-refractivity contribution is 0.0599. The number of hydrogen-bond acceptors (Lipinski definition) is 4. The number of likely N-dealkylation sites (N-methyl/N-ethyl adjacent to an activating group) is 1. The third kappa shape index (κ3) is 5.64. The first-order chi connectivity index (χ1) is 8.30. The van der Waals surface area contributed by atoms with Gasteiger partial charge in [0.1, 0.15) is 0 Å². The van der Waals surface area contributed by atoms with Gasteiger partial charge in [-0.3, -0.25) is 0 Å². The Morgan fingerprint density at radius 3 is 2.65 bits per heavy atom. The van der Waals surface area contributed by atoms with Gasteiger partial charge in [-0.25, -0.2) is 0 Å². The summed E-state index contributed by atoms with van der Waals surface area (Å²) in [7, 11) is 3.68. The summed E-state index contributed by atoms with van der Waals surface area (Å²) in [4.78, 5) is 2.88. The Balaban J connectivity index is 2.30. The van der Waals surface area contributed by atoms with Crippen LogP contribution < -0.4 is 5.32 Å². The Bertz CT molecular complexity index is 301. The topological polar surface area (TPSA) is 30.5 Å². The predicted octanol–water partition coefficient (Wildman–Crippen LogP) is 2.10. The average Bonchev–Trinajstić information content (AvgIpc) is 2.80. The third-order valence-corrected chi connectivity index (χ3v) is 3.92. The second kappa shape index (κ2) is 8.64. The molecule has 1 aromatic heterocycles. The molecule has 0 radical (unpaired) electrons. The predicted molar refractivity (Wildman–Crippen MR) is 72.9 cm³/mol. The number of hydrogen-bond donors (Lipinski definition) is 1. The minimum Gasteiger partial charge on any atom is -0.382 e. The fourth-order valence-electron chi connectivity index (χ4n) is 1.58. The molecule has 0 amide bonds. The summed E-state index contributed by atoms with van der Waals surface area (Å²) >= 11 is 1.90. The van der Waals surface area contributed by atoms with Crippen LogP contribution in [0.5, 0.6) is 0 Å². The lowest BCUT2D eigenvalue weighted by atomic mass is 10.2. The molecule has 3 nitrogen and oxygen atoms in total. The Morgan fingerprint density at radius 1 is 1.29 bits per heavy atom. The molecule has 17 heavy (non-hydrogen) atoms. The molecular weight excluding hydrogens is 234 g/mol. The molecule has 0 aliphatic rings. The van der Waals surface area contributed by atoms with Crippen molar-refractivity contribution in [3.05, 3.63) is 21.9 Å². The van der Waals surface area contributed by atoms with Crippen LogP contribution in [0, 0.1) is 0 Å². The molecule has 98 valence electrons. The van der Waals surface area contributed by atoms with Crippen LogP contribution in [-0.2, 0) is 22.3 Å². The zero-order valence-electron chi connectivity index (χ0n) is 11.0. The van der Waals surface area contributed by atoms with E-state index in [4.69, 9.17) is 9.47 Å². The van der Waals surface area contributed by atoms with Crippen LogP contribution in [0.3, 0.4) is 0 Å². The maximum absolute atomic E-state index is 5.55. The van der Waals surface area contributed by atoms with Gasteiger partial charge in [0, 0.05) is 22.9 Å². The summed E-state index contributed by atoms with van der Waals surface area (Å²) in [5, 5.41) is 3.30. The van der Waals surface area contributed by atoms with Crippen molar-refractivity contribution in [1.82, 2.24) is 5.32 Å². The van der Waals surface area contributed by atoms with Crippen LogP contribution >= 0.6 is 11.3 Å². The lowest BCUT2D eigenvalue weighted by Gasteiger charge is -2.15. The van der Waals surface area contributed by atoms with E-state index in [0.717, 1.165) is 19.4 Å². The molecule has 0 spiro atoms. The molecule has 0 saturated carbocycles. The maximum atomic E-state index is 5.55. The maximum Gasteiger partial charge on any atom is 0.0701 e. The molecule has 1 aromatic rings. The molecule has 1 N–H and O–H groups in total. The number of ether oxygens (including phenoxy) is 2. The van der Waals surface area contributed by atoms with E-state index in [-0.39, 0.29) is 0 Å². The Hall–Kier alpha value is -0.420. The molecule has 0 fully saturated rings. The van der Waals surface area contributed by atoms with E-state index in [1.54, 1.807) is 7.11 Å². The molecule has 0 aliphatic carbocycles. The first-order valence-electron chi connectivity index (χ1n) is 6.11.